The summed E-state index contributed by atoms with van der Waals surface area (Å²) < 4.78 is 5.03. The van der Waals surface area contributed by atoms with Crippen LogP contribution in [0.2, 0.25) is 0 Å². The standard InChI is InChI=1S/C12H22N2O2/c1-5-6-10(8-16-4)14-12(15)11(7-13)9(2)3/h9-11H,5-6,8H2,1-4H3,(H,14,15). The fourth-order valence-electron chi connectivity index (χ4n) is 1.55. The maximum absolute atomic E-state index is 11.8. The van der Waals surface area contributed by atoms with Gasteiger partial charge in [-0.05, 0) is 12.3 Å². The first-order chi connectivity index (χ1) is 7.56. The number of amides is 1. The molecule has 16 heavy (non-hydrogen) atoms. The van der Waals surface area contributed by atoms with E-state index >= 15 is 0 Å². The highest BCUT2D eigenvalue weighted by Gasteiger charge is 2.23. The highest BCUT2D eigenvalue weighted by atomic mass is 16.5. The van der Waals surface area contributed by atoms with Gasteiger partial charge in [0.05, 0.1) is 18.7 Å². The van der Waals surface area contributed by atoms with Crippen LogP contribution in [0.3, 0.4) is 0 Å². The predicted molar refractivity (Wildman–Crippen MR) is 62.7 cm³/mol. The normalized spacial score (nSPS) is 14.2. The molecule has 2 atom stereocenters. The van der Waals surface area contributed by atoms with Gasteiger partial charge in [-0.1, -0.05) is 27.2 Å². The average Bonchev–Trinajstić information content (AvgIpc) is 2.18. The van der Waals surface area contributed by atoms with E-state index in [0.29, 0.717) is 6.61 Å². The van der Waals surface area contributed by atoms with Crippen molar-refractivity contribution in [2.45, 2.75) is 39.7 Å². The minimum absolute atomic E-state index is 0.0112. The summed E-state index contributed by atoms with van der Waals surface area (Å²) >= 11 is 0. The lowest BCUT2D eigenvalue weighted by Gasteiger charge is -2.20. The third-order valence-corrected chi connectivity index (χ3v) is 2.44. The molecule has 0 radical (unpaired) electrons. The first kappa shape index (κ1) is 14.9. The maximum Gasteiger partial charge on any atom is 0.237 e. The van der Waals surface area contributed by atoms with Gasteiger partial charge in [-0.25, -0.2) is 0 Å². The Balaban J connectivity index is 4.32. The lowest BCUT2D eigenvalue weighted by Crippen LogP contribution is -2.42. The molecule has 92 valence electrons. The topological polar surface area (TPSA) is 62.1 Å². The number of hydrogen-bond donors (Lipinski definition) is 1. The monoisotopic (exact) mass is 226 g/mol. The Bertz CT molecular complexity index is 240. The van der Waals surface area contributed by atoms with Crippen LogP contribution in [0, 0.1) is 23.2 Å². The van der Waals surface area contributed by atoms with Gasteiger partial charge >= 0.3 is 0 Å². The average molecular weight is 226 g/mol. The zero-order valence-corrected chi connectivity index (χ0v) is 10.6. The molecule has 0 bridgehead atoms. The summed E-state index contributed by atoms with van der Waals surface area (Å²) in [5, 5.41) is 11.8. The Morgan fingerprint density at radius 3 is 2.50 bits per heavy atom. The molecule has 0 aliphatic rings. The third-order valence-electron chi connectivity index (χ3n) is 2.44. The van der Waals surface area contributed by atoms with E-state index in [4.69, 9.17) is 10.00 Å². The first-order valence-corrected chi connectivity index (χ1v) is 5.75. The van der Waals surface area contributed by atoms with Crippen molar-refractivity contribution in [3.05, 3.63) is 0 Å². The van der Waals surface area contributed by atoms with Gasteiger partial charge in [0.25, 0.3) is 0 Å². The van der Waals surface area contributed by atoms with Crippen molar-refractivity contribution in [1.29, 1.82) is 5.26 Å². The van der Waals surface area contributed by atoms with Crippen molar-refractivity contribution >= 4 is 5.91 Å². The van der Waals surface area contributed by atoms with Crippen molar-refractivity contribution in [3.8, 4) is 6.07 Å². The molecule has 4 heteroatoms. The number of carbonyl (C=O) groups is 1. The van der Waals surface area contributed by atoms with Crippen LogP contribution in [0.25, 0.3) is 0 Å². The fraction of sp³-hybridized carbons (Fsp3) is 0.833. The molecule has 0 aromatic carbocycles. The molecule has 0 aromatic rings. The molecule has 1 amide bonds. The Morgan fingerprint density at radius 2 is 2.12 bits per heavy atom. The van der Waals surface area contributed by atoms with Gasteiger partial charge in [0, 0.05) is 7.11 Å². The van der Waals surface area contributed by atoms with Crippen LogP contribution in [-0.4, -0.2) is 25.7 Å². The van der Waals surface area contributed by atoms with Crippen LogP contribution >= 0.6 is 0 Å². The molecule has 4 nitrogen and oxygen atoms in total. The molecule has 0 aliphatic heterocycles. The summed E-state index contributed by atoms with van der Waals surface area (Å²) in [5.41, 5.74) is 0. The minimum Gasteiger partial charge on any atom is -0.383 e. The Kier molecular flexibility index (Phi) is 7.57. The van der Waals surface area contributed by atoms with Crippen molar-refractivity contribution < 1.29 is 9.53 Å². The zero-order chi connectivity index (χ0) is 12.6. The van der Waals surface area contributed by atoms with E-state index in [1.165, 1.54) is 0 Å². The third kappa shape index (κ3) is 5.13. The second-order valence-corrected chi connectivity index (χ2v) is 4.30. The summed E-state index contributed by atoms with van der Waals surface area (Å²) in [5.74, 6) is -0.723. The van der Waals surface area contributed by atoms with Crippen molar-refractivity contribution in [2.75, 3.05) is 13.7 Å². The molecule has 0 saturated heterocycles. The smallest absolute Gasteiger partial charge is 0.237 e. The first-order valence-electron chi connectivity index (χ1n) is 5.75. The second kappa shape index (κ2) is 8.12. The largest absolute Gasteiger partial charge is 0.383 e. The molecule has 2 unspecified atom stereocenters. The van der Waals surface area contributed by atoms with Gasteiger partial charge in [-0.2, -0.15) is 5.26 Å². The minimum atomic E-state index is -0.573. The maximum atomic E-state index is 11.8. The van der Waals surface area contributed by atoms with Crippen LogP contribution in [-0.2, 0) is 9.53 Å². The number of rotatable bonds is 7. The van der Waals surface area contributed by atoms with Crippen LogP contribution in [0.5, 0.6) is 0 Å². The van der Waals surface area contributed by atoms with Gasteiger partial charge in [0.15, 0.2) is 0 Å². The van der Waals surface area contributed by atoms with Gasteiger partial charge in [-0.15, -0.1) is 0 Å². The number of methoxy groups -OCH3 is 1. The zero-order valence-electron chi connectivity index (χ0n) is 10.6. The van der Waals surface area contributed by atoms with Gasteiger partial charge < -0.3 is 10.1 Å². The fourth-order valence-corrected chi connectivity index (χ4v) is 1.55. The number of ether oxygens (including phenoxy) is 1. The second-order valence-electron chi connectivity index (χ2n) is 4.30. The predicted octanol–water partition coefficient (Wildman–Crippen LogP) is 1.71. The van der Waals surface area contributed by atoms with E-state index in [1.54, 1.807) is 7.11 Å². The van der Waals surface area contributed by atoms with E-state index in [-0.39, 0.29) is 17.9 Å². The van der Waals surface area contributed by atoms with Crippen molar-refractivity contribution in [2.24, 2.45) is 11.8 Å². The SMILES string of the molecule is CCCC(COC)NC(=O)C(C#N)C(C)C. The number of nitrogens with one attached hydrogen (secondary N) is 1. The molecule has 0 spiro atoms. The molecule has 0 aromatic heterocycles. The molecule has 0 heterocycles. The van der Waals surface area contributed by atoms with Crippen LogP contribution in [0.15, 0.2) is 0 Å². The van der Waals surface area contributed by atoms with E-state index < -0.39 is 5.92 Å². The number of carbonyl (C=O) groups excluding carboxylic acids is 1. The highest BCUT2D eigenvalue weighted by molar-refractivity contribution is 5.81. The quantitative estimate of drug-likeness (QED) is 0.719. The highest BCUT2D eigenvalue weighted by Crippen LogP contribution is 2.10. The van der Waals surface area contributed by atoms with Gasteiger partial charge in [0.2, 0.25) is 5.91 Å². The van der Waals surface area contributed by atoms with Gasteiger partial charge in [0.1, 0.15) is 5.92 Å². The van der Waals surface area contributed by atoms with E-state index in [9.17, 15) is 4.79 Å². The van der Waals surface area contributed by atoms with Crippen molar-refractivity contribution in [3.63, 3.8) is 0 Å². The summed E-state index contributed by atoms with van der Waals surface area (Å²) in [6.45, 7) is 6.30. The molecule has 1 N–H and O–H groups in total. The summed E-state index contributed by atoms with van der Waals surface area (Å²) in [4.78, 5) is 11.8. The van der Waals surface area contributed by atoms with Crippen molar-refractivity contribution in [1.82, 2.24) is 5.32 Å². The van der Waals surface area contributed by atoms with Gasteiger partial charge in [-0.3, -0.25) is 4.79 Å². The van der Waals surface area contributed by atoms with Crippen LogP contribution in [0.4, 0.5) is 0 Å². The summed E-state index contributed by atoms with van der Waals surface area (Å²) in [7, 11) is 1.61. The lowest BCUT2D eigenvalue weighted by molar-refractivity contribution is -0.125. The molecule has 0 rings (SSSR count). The Morgan fingerprint density at radius 1 is 1.50 bits per heavy atom. The Hall–Kier alpha value is -1.08. The molecular weight excluding hydrogens is 204 g/mol. The van der Waals surface area contributed by atoms with Crippen LogP contribution < -0.4 is 5.32 Å². The molecular formula is C12H22N2O2. The van der Waals surface area contributed by atoms with E-state index in [0.717, 1.165) is 12.8 Å². The molecule has 0 aliphatic carbocycles. The Labute approximate surface area is 98.0 Å². The number of hydrogen-bond acceptors (Lipinski definition) is 3. The molecule has 0 saturated carbocycles. The molecule has 0 fully saturated rings. The van der Waals surface area contributed by atoms with Crippen LogP contribution in [0.1, 0.15) is 33.6 Å². The number of nitrogens with zero attached hydrogens (tertiary/aromatic N) is 1. The van der Waals surface area contributed by atoms with E-state index in [2.05, 4.69) is 12.2 Å². The lowest BCUT2D eigenvalue weighted by atomic mass is 9.96. The van der Waals surface area contributed by atoms with E-state index in [1.807, 2.05) is 19.9 Å². The summed E-state index contributed by atoms with van der Waals surface area (Å²) in [6.07, 6.45) is 1.85. The summed E-state index contributed by atoms with van der Waals surface area (Å²) in [6, 6.07) is 2.05. The number of nitriles is 1.